The summed E-state index contributed by atoms with van der Waals surface area (Å²) in [6.45, 7) is 1.02. The number of fused-ring (bicyclic) bond motifs is 1. The first-order valence-electron chi connectivity index (χ1n) is 8.05. The molecule has 0 radical (unpaired) electrons. The van der Waals surface area contributed by atoms with Crippen molar-refractivity contribution in [3.05, 3.63) is 35.4 Å². The summed E-state index contributed by atoms with van der Waals surface area (Å²) in [5.41, 5.74) is 7.89. The second kappa shape index (κ2) is 7.87. The molecule has 27 heavy (non-hydrogen) atoms. The summed E-state index contributed by atoms with van der Waals surface area (Å²) in [6, 6.07) is 6.92. The van der Waals surface area contributed by atoms with Gasteiger partial charge in [0.2, 0.25) is 0 Å². The number of rotatable bonds is 8. The summed E-state index contributed by atoms with van der Waals surface area (Å²) < 4.78 is 17.4. The predicted molar refractivity (Wildman–Crippen MR) is 96.2 cm³/mol. The molecule has 0 unspecified atom stereocenters. The number of aromatic nitrogens is 4. The van der Waals surface area contributed by atoms with Crippen LogP contribution in [0.15, 0.2) is 24.3 Å². The molecular weight excluding hydrogens is 354 g/mol. The normalized spacial score (nSPS) is 10.9. The first kappa shape index (κ1) is 18.4. The minimum Gasteiger partial charge on any atom is -0.478 e. The first-order valence-corrected chi connectivity index (χ1v) is 8.05. The van der Waals surface area contributed by atoms with Crippen LogP contribution in [0.5, 0.6) is 12.0 Å². The fourth-order valence-corrected chi connectivity index (χ4v) is 2.50. The van der Waals surface area contributed by atoms with E-state index < -0.39 is 5.97 Å². The topological polar surface area (TPSA) is 135 Å². The lowest BCUT2D eigenvalue weighted by atomic mass is 10.1. The van der Waals surface area contributed by atoms with E-state index in [1.807, 2.05) is 0 Å². The number of carboxylic acid groups (broad SMARTS) is 1. The molecule has 3 N–H and O–H groups in total. The molecule has 10 heteroatoms. The molecule has 0 atom stereocenters. The molecule has 3 rings (SSSR count). The van der Waals surface area contributed by atoms with Gasteiger partial charge in [0.05, 0.1) is 25.8 Å². The van der Waals surface area contributed by atoms with Crippen LogP contribution in [0.25, 0.3) is 11.2 Å². The molecule has 0 aliphatic carbocycles. The van der Waals surface area contributed by atoms with Gasteiger partial charge in [-0.15, -0.1) is 0 Å². The molecule has 0 aliphatic rings. The Balaban J connectivity index is 1.98. The lowest BCUT2D eigenvalue weighted by molar-refractivity contribution is 0.0697. The Morgan fingerprint density at radius 2 is 1.89 bits per heavy atom. The van der Waals surface area contributed by atoms with E-state index in [9.17, 15) is 4.79 Å². The maximum absolute atomic E-state index is 11.0. The van der Waals surface area contributed by atoms with Crippen molar-refractivity contribution in [3.8, 4) is 12.0 Å². The van der Waals surface area contributed by atoms with E-state index in [4.69, 9.17) is 25.1 Å². The molecule has 142 valence electrons. The second-order valence-electron chi connectivity index (χ2n) is 5.59. The zero-order chi connectivity index (χ0) is 19.4. The summed E-state index contributed by atoms with van der Waals surface area (Å²) in [4.78, 5) is 23.8. The molecular formula is C17H19N5O5. The number of anilines is 1. The summed E-state index contributed by atoms with van der Waals surface area (Å²) in [7, 11) is 3.06. The lowest BCUT2D eigenvalue weighted by Gasteiger charge is -2.09. The van der Waals surface area contributed by atoms with E-state index in [0.29, 0.717) is 30.3 Å². The third kappa shape index (κ3) is 3.90. The van der Waals surface area contributed by atoms with E-state index in [1.165, 1.54) is 19.2 Å². The molecule has 10 nitrogen and oxygen atoms in total. The number of hydrogen-bond acceptors (Lipinski definition) is 8. The van der Waals surface area contributed by atoms with Gasteiger partial charge in [-0.2, -0.15) is 15.0 Å². The third-order valence-corrected chi connectivity index (χ3v) is 3.81. The molecule has 0 fully saturated rings. The second-order valence-corrected chi connectivity index (χ2v) is 5.59. The highest BCUT2D eigenvalue weighted by Gasteiger charge is 2.18. The van der Waals surface area contributed by atoms with Gasteiger partial charge in [0, 0.05) is 7.11 Å². The van der Waals surface area contributed by atoms with E-state index in [1.54, 1.807) is 23.8 Å². The molecule has 0 saturated carbocycles. The van der Waals surface area contributed by atoms with Crippen LogP contribution in [-0.4, -0.2) is 58.0 Å². The van der Waals surface area contributed by atoms with Crippen molar-refractivity contribution in [1.29, 1.82) is 0 Å². The van der Waals surface area contributed by atoms with Crippen molar-refractivity contribution in [2.75, 3.05) is 33.2 Å². The standard InChI is InChI=1S/C17H19N5O5/c1-25-7-8-27-16-20-13(18)12-14(21-16)22(17(19-12)26-2)9-10-3-5-11(6-4-10)15(23)24/h3-6H,7-9H2,1-2H3,(H,23,24)(H2,18,20,21). The number of ether oxygens (including phenoxy) is 3. The van der Waals surface area contributed by atoms with Crippen LogP contribution < -0.4 is 15.2 Å². The Labute approximate surface area is 154 Å². The van der Waals surface area contributed by atoms with E-state index in [-0.39, 0.29) is 24.0 Å². The number of carbonyl (C=O) groups is 1. The zero-order valence-corrected chi connectivity index (χ0v) is 14.9. The molecule has 0 saturated heterocycles. The number of imidazole rings is 1. The quantitative estimate of drug-likeness (QED) is 0.558. The van der Waals surface area contributed by atoms with Gasteiger partial charge in [-0.05, 0) is 17.7 Å². The van der Waals surface area contributed by atoms with Crippen LogP contribution >= 0.6 is 0 Å². The Morgan fingerprint density at radius 3 is 2.52 bits per heavy atom. The van der Waals surface area contributed by atoms with Gasteiger partial charge in [0.1, 0.15) is 6.61 Å². The number of nitrogens with two attached hydrogens (primary N) is 1. The minimum atomic E-state index is -0.981. The van der Waals surface area contributed by atoms with Crippen molar-refractivity contribution in [2.24, 2.45) is 0 Å². The highest BCUT2D eigenvalue weighted by atomic mass is 16.5. The summed E-state index contributed by atoms with van der Waals surface area (Å²) in [5, 5.41) is 9.02. The molecule has 0 aliphatic heterocycles. The largest absolute Gasteiger partial charge is 0.478 e. The van der Waals surface area contributed by atoms with Crippen LogP contribution in [0, 0.1) is 0 Å². The predicted octanol–water partition coefficient (Wildman–Crippen LogP) is 1.19. The van der Waals surface area contributed by atoms with Crippen molar-refractivity contribution < 1.29 is 24.1 Å². The van der Waals surface area contributed by atoms with Gasteiger partial charge < -0.3 is 25.1 Å². The molecule has 0 bridgehead atoms. The SMILES string of the molecule is COCCOc1nc(N)c2nc(OC)n(Cc3ccc(C(=O)O)cc3)c2n1. The molecule has 2 aromatic heterocycles. The van der Waals surface area contributed by atoms with Crippen molar-refractivity contribution in [1.82, 2.24) is 19.5 Å². The number of nitrogens with zero attached hydrogens (tertiary/aromatic N) is 4. The van der Waals surface area contributed by atoms with Crippen LogP contribution in [-0.2, 0) is 11.3 Å². The fourth-order valence-electron chi connectivity index (χ4n) is 2.50. The average molecular weight is 373 g/mol. The van der Waals surface area contributed by atoms with Crippen molar-refractivity contribution in [2.45, 2.75) is 6.54 Å². The zero-order valence-electron chi connectivity index (χ0n) is 14.9. The highest BCUT2D eigenvalue weighted by Crippen LogP contribution is 2.26. The van der Waals surface area contributed by atoms with Gasteiger partial charge in [0.15, 0.2) is 17.0 Å². The van der Waals surface area contributed by atoms with E-state index in [2.05, 4.69) is 15.0 Å². The van der Waals surface area contributed by atoms with Gasteiger partial charge in [-0.25, -0.2) is 4.79 Å². The number of benzene rings is 1. The number of carboxylic acids is 1. The van der Waals surface area contributed by atoms with Gasteiger partial charge in [0.25, 0.3) is 6.01 Å². The first-order chi connectivity index (χ1) is 13.0. The summed E-state index contributed by atoms with van der Waals surface area (Å²) in [6.07, 6.45) is 0. The molecule has 1 aromatic carbocycles. The van der Waals surface area contributed by atoms with Crippen molar-refractivity contribution >= 4 is 23.0 Å². The molecule has 0 spiro atoms. The Bertz CT molecular complexity index is 954. The summed E-state index contributed by atoms with van der Waals surface area (Å²) >= 11 is 0. The maximum Gasteiger partial charge on any atom is 0.335 e. The Hall–Kier alpha value is -3.40. The van der Waals surface area contributed by atoms with Crippen LogP contribution in [0.1, 0.15) is 15.9 Å². The number of nitrogen functional groups attached to an aromatic ring is 1. The monoisotopic (exact) mass is 373 g/mol. The van der Waals surface area contributed by atoms with Gasteiger partial charge in [-0.3, -0.25) is 4.57 Å². The highest BCUT2D eigenvalue weighted by molar-refractivity contribution is 5.87. The molecule has 3 aromatic rings. The van der Waals surface area contributed by atoms with Crippen LogP contribution in [0.4, 0.5) is 5.82 Å². The van der Waals surface area contributed by atoms with Gasteiger partial charge in [-0.1, -0.05) is 12.1 Å². The smallest absolute Gasteiger partial charge is 0.335 e. The molecule has 2 heterocycles. The molecule has 0 amide bonds. The summed E-state index contributed by atoms with van der Waals surface area (Å²) in [5.74, 6) is -0.809. The van der Waals surface area contributed by atoms with Crippen LogP contribution in [0.2, 0.25) is 0 Å². The number of methoxy groups -OCH3 is 2. The number of aromatic carboxylic acids is 1. The number of hydrogen-bond donors (Lipinski definition) is 2. The average Bonchev–Trinajstić information content (AvgIpc) is 3.01. The van der Waals surface area contributed by atoms with E-state index in [0.717, 1.165) is 5.56 Å². The fraction of sp³-hybridized carbons (Fsp3) is 0.294. The third-order valence-electron chi connectivity index (χ3n) is 3.81. The Kier molecular flexibility index (Phi) is 5.36. The van der Waals surface area contributed by atoms with Crippen molar-refractivity contribution in [3.63, 3.8) is 0 Å². The van der Waals surface area contributed by atoms with Crippen LogP contribution in [0.3, 0.4) is 0 Å². The lowest BCUT2D eigenvalue weighted by Crippen LogP contribution is -2.09. The Morgan fingerprint density at radius 1 is 1.15 bits per heavy atom. The van der Waals surface area contributed by atoms with E-state index >= 15 is 0 Å². The maximum atomic E-state index is 11.0. The van der Waals surface area contributed by atoms with Gasteiger partial charge >= 0.3 is 12.0 Å². The minimum absolute atomic E-state index is 0.113.